The summed E-state index contributed by atoms with van der Waals surface area (Å²) in [4.78, 5) is 4.42. The largest absolute Gasteiger partial charge is 0.493 e. The summed E-state index contributed by atoms with van der Waals surface area (Å²) in [6.45, 7) is 2.02. The molecule has 0 spiro atoms. The van der Waals surface area contributed by atoms with E-state index in [-0.39, 0.29) is 0 Å². The molecule has 160 valence electrons. The van der Waals surface area contributed by atoms with Crippen LogP contribution in [0.15, 0.2) is 50.6 Å². The second-order valence-electron chi connectivity index (χ2n) is 6.46. The molecular formula is C21H20N4O5S. The summed E-state index contributed by atoms with van der Waals surface area (Å²) in [5, 5.41) is 12.6. The van der Waals surface area contributed by atoms with Gasteiger partial charge in [-0.2, -0.15) is 4.98 Å². The van der Waals surface area contributed by atoms with E-state index in [2.05, 4.69) is 20.3 Å². The van der Waals surface area contributed by atoms with E-state index in [9.17, 15) is 0 Å². The van der Waals surface area contributed by atoms with Crippen molar-refractivity contribution in [2.75, 3.05) is 21.3 Å². The number of rotatable bonds is 8. The van der Waals surface area contributed by atoms with Gasteiger partial charge in [-0.3, -0.25) is 0 Å². The number of hydrogen-bond acceptors (Lipinski definition) is 10. The van der Waals surface area contributed by atoms with E-state index >= 15 is 0 Å². The highest BCUT2D eigenvalue weighted by Gasteiger charge is 2.18. The maximum atomic E-state index is 5.77. The number of thioether (sulfide) groups is 1. The summed E-state index contributed by atoms with van der Waals surface area (Å²) < 4.78 is 27.2. The topological polar surface area (TPSA) is 106 Å². The molecule has 0 fully saturated rings. The van der Waals surface area contributed by atoms with Gasteiger partial charge in [0.1, 0.15) is 0 Å². The van der Waals surface area contributed by atoms with E-state index in [1.807, 2.05) is 31.2 Å². The SMILES string of the molecule is COc1cc(-c2nnc(SCc3noc(-c4ccc(C)cc4)n3)o2)cc(OC)c1OC. The molecule has 0 amide bonds. The predicted octanol–water partition coefficient (Wildman–Crippen LogP) is 4.41. The van der Waals surface area contributed by atoms with Crippen molar-refractivity contribution in [2.24, 2.45) is 0 Å². The first-order chi connectivity index (χ1) is 15.1. The highest BCUT2D eigenvalue weighted by atomic mass is 32.2. The molecule has 0 bridgehead atoms. The Morgan fingerprint density at radius 2 is 1.58 bits per heavy atom. The summed E-state index contributed by atoms with van der Waals surface area (Å²) in [5.41, 5.74) is 2.69. The molecule has 0 aliphatic heterocycles. The number of benzene rings is 2. The Morgan fingerprint density at radius 1 is 0.871 bits per heavy atom. The maximum Gasteiger partial charge on any atom is 0.277 e. The van der Waals surface area contributed by atoms with Crippen LogP contribution >= 0.6 is 11.8 Å². The Labute approximate surface area is 182 Å². The van der Waals surface area contributed by atoms with Crippen molar-refractivity contribution in [3.8, 4) is 40.2 Å². The van der Waals surface area contributed by atoms with Crippen molar-refractivity contribution in [3.05, 3.63) is 47.8 Å². The van der Waals surface area contributed by atoms with Crippen LogP contribution in [0, 0.1) is 6.92 Å². The number of hydrogen-bond donors (Lipinski definition) is 0. The van der Waals surface area contributed by atoms with Gasteiger partial charge in [0.2, 0.25) is 11.6 Å². The Hall–Kier alpha value is -3.53. The van der Waals surface area contributed by atoms with Crippen molar-refractivity contribution < 1.29 is 23.2 Å². The second kappa shape index (κ2) is 9.09. The smallest absolute Gasteiger partial charge is 0.277 e. The van der Waals surface area contributed by atoms with E-state index in [4.69, 9.17) is 23.2 Å². The first-order valence-corrected chi connectivity index (χ1v) is 10.3. The first-order valence-electron chi connectivity index (χ1n) is 9.27. The molecule has 31 heavy (non-hydrogen) atoms. The molecular weight excluding hydrogens is 420 g/mol. The molecule has 2 aromatic heterocycles. The van der Waals surface area contributed by atoms with Gasteiger partial charge in [-0.1, -0.05) is 34.6 Å². The Balaban J connectivity index is 1.47. The average molecular weight is 440 g/mol. The number of aryl methyl sites for hydroxylation is 1. The molecule has 9 nitrogen and oxygen atoms in total. The van der Waals surface area contributed by atoms with Crippen LogP contribution in [-0.4, -0.2) is 41.7 Å². The lowest BCUT2D eigenvalue weighted by molar-refractivity contribution is 0.324. The zero-order chi connectivity index (χ0) is 21.8. The van der Waals surface area contributed by atoms with Crippen molar-refractivity contribution in [2.45, 2.75) is 17.9 Å². The highest BCUT2D eigenvalue weighted by Crippen LogP contribution is 2.41. The van der Waals surface area contributed by atoms with E-state index in [1.165, 1.54) is 17.3 Å². The standard InChI is InChI=1S/C21H20N4O5S/c1-12-5-7-13(8-6-12)19-22-17(25-30-19)11-31-21-24-23-20(29-21)14-9-15(26-2)18(28-4)16(10-14)27-3/h5-10H,11H2,1-4H3. The summed E-state index contributed by atoms with van der Waals surface area (Å²) in [7, 11) is 4.64. The van der Waals surface area contributed by atoms with Gasteiger partial charge in [0, 0.05) is 11.1 Å². The third-order valence-corrected chi connectivity index (χ3v) is 5.22. The van der Waals surface area contributed by atoms with Crippen molar-refractivity contribution >= 4 is 11.8 Å². The molecule has 2 aromatic carbocycles. The normalized spacial score (nSPS) is 10.8. The molecule has 0 unspecified atom stereocenters. The molecule has 0 atom stereocenters. The molecule has 0 radical (unpaired) electrons. The Morgan fingerprint density at radius 3 is 2.23 bits per heavy atom. The molecule has 10 heteroatoms. The molecule has 0 N–H and O–H groups in total. The van der Waals surface area contributed by atoms with Crippen molar-refractivity contribution in [1.29, 1.82) is 0 Å². The molecule has 0 aliphatic carbocycles. The average Bonchev–Trinajstić information content (AvgIpc) is 3.47. The van der Waals surface area contributed by atoms with Crippen molar-refractivity contribution in [1.82, 2.24) is 20.3 Å². The molecule has 0 saturated heterocycles. The zero-order valence-corrected chi connectivity index (χ0v) is 18.2. The summed E-state index contributed by atoms with van der Waals surface area (Å²) >= 11 is 1.32. The van der Waals surface area contributed by atoms with Crippen LogP contribution in [0.2, 0.25) is 0 Å². The number of aromatic nitrogens is 4. The Kier molecular flexibility index (Phi) is 6.08. The predicted molar refractivity (Wildman–Crippen MR) is 113 cm³/mol. The fourth-order valence-electron chi connectivity index (χ4n) is 2.84. The van der Waals surface area contributed by atoms with Crippen LogP contribution in [0.4, 0.5) is 0 Å². The third-order valence-electron chi connectivity index (χ3n) is 4.41. The van der Waals surface area contributed by atoms with Crippen molar-refractivity contribution in [3.63, 3.8) is 0 Å². The minimum Gasteiger partial charge on any atom is -0.493 e. The molecule has 4 rings (SSSR count). The fourth-order valence-corrected chi connectivity index (χ4v) is 3.45. The summed E-state index contributed by atoms with van der Waals surface area (Å²) in [5.74, 6) is 3.25. The highest BCUT2D eigenvalue weighted by molar-refractivity contribution is 7.98. The number of nitrogens with zero attached hydrogens (tertiary/aromatic N) is 4. The van der Waals surface area contributed by atoms with Gasteiger partial charge in [0.15, 0.2) is 17.3 Å². The third kappa shape index (κ3) is 4.48. The molecule has 2 heterocycles. The Bertz CT molecular complexity index is 1150. The van der Waals surface area contributed by atoms with E-state index in [1.54, 1.807) is 33.5 Å². The maximum absolute atomic E-state index is 5.77. The molecule has 0 saturated carbocycles. The van der Waals surface area contributed by atoms with E-state index in [0.717, 1.165) is 5.56 Å². The van der Waals surface area contributed by atoms with Gasteiger partial charge in [0.05, 0.1) is 27.1 Å². The van der Waals surface area contributed by atoms with Crippen LogP contribution in [0.3, 0.4) is 0 Å². The van der Waals surface area contributed by atoms with Crippen LogP contribution in [0.1, 0.15) is 11.4 Å². The number of methoxy groups -OCH3 is 3. The van der Waals surface area contributed by atoms with E-state index < -0.39 is 0 Å². The second-order valence-corrected chi connectivity index (χ2v) is 7.38. The first kappa shape index (κ1) is 20.7. The van der Waals surface area contributed by atoms with Gasteiger partial charge >= 0.3 is 0 Å². The lowest BCUT2D eigenvalue weighted by Gasteiger charge is -2.12. The summed E-state index contributed by atoms with van der Waals surface area (Å²) in [6.07, 6.45) is 0. The molecule has 0 aliphatic rings. The zero-order valence-electron chi connectivity index (χ0n) is 17.4. The monoisotopic (exact) mass is 440 g/mol. The lowest BCUT2D eigenvalue weighted by atomic mass is 10.1. The van der Waals surface area contributed by atoms with Crippen LogP contribution in [0.5, 0.6) is 17.2 Å². The van der Waals surface area contributed by atoms with Crippen LogP contribution in [-0.2, 0) is 5.75 Å². The quantitative estimate of drug-likeness (QED) is 0.366. The van der Waals surface area contributed by atoms with Gasteiger partial charge < -0.3 is 23.2 Å². The van der Waals surface area contributed by atoms with Gasteiger partial charge in [-0.05, 0) is 31.2 Å². The van der Waals surface area contributed by atoms with Gasteiger partial charge in [-0.15, -0.1) is 10.2 Å². The minimum absolute atomic E-state index is 0.329. The molecule has 4 aromatic rings. The van der Waals surface area contributed by atoms with E-state index in [0.29, 0.717) is 51.4 Å². The van der Waals surface area contributed by atoms with Gasteiger partial charge in [-0.25, -0.2) is 0 Å². The summed E-state index contributed by atoms with van der Waals surface area (Å²) in [6, 6.07) is 11.4. The fraction of sp³-hybridized carbons (Fsp3) is 0.238. The number of ether oxygens (including phenoxy) is 3. The lowest BCUT2D eigenvalue weighted by Crippen LogP contribution is -1.95. The minimum atomic E-state index is 0.329. The van der Waals surface area contributed by atoms with Gasteiger partial charge in [0.25, 0.3) is 11.1 Å². The van der Waals surface area contributed by atoms with Crippen LogP contribution < -0.4 is 14.2 Å². The van der Waals surface area contributed by atoms with Crippen LogP contribution in [0.25, 0.3) is 22.9 Å².